The van der Waals surface area contributed by atoms with Gasteiger partial charge in [-0.3, -0.25) is 4.79 Å². The minimum Gasteiger partial charge on any atom is -0.474 e. The van der Waals surface area contributed by atoms with Crippen LogP contribution in [0.2, 0.25) is 0 Å². The molecule has 31 heavy (non-hydrogen) atoms. The van der Waals surface area contributed by atoms with Gasteiger partial charge in [0.15, 0.2) is 0 Å². The third-order valence-electron chi connectivity index (χ3n) is 5.76. The van der Waals surface area contributed by atoms with Crippen molar-refractivity contribution in [2.75, 3.05) is 24.3 Å². The standard InChI is InChI=1S/C25H25N3O2S/c1-31-21-9-5-17(6-10-21)16-26-24(29)22-11-12-23-25(27-22)30-14-13-28(23)20-4-2-3-19(15-20)18-7-8-18/h2-6,9-12,15,18H,7-8,13-14,16H2,1H3,(H,26,29). The molecule has 1 aromatic heterocycles. The summed E-state index contributed by atoms with van der Waals surface area (Å²) in [6.45, 7) is 1.77. The molecular formula is C25H25N3O2S. The molecule has 5 nitrogen and oxygen atoms in total. The van der Waals surface area contributed by atoms with Crippen LogP contribution < -0.4 is 15.0 Å². The molecule has 6 heteroatoms. The van der Waals surface area contributed by atoms with Crippen molar-refractivity contribution in [2.45, 2.75) is 30.2 Å². The lowest BCUT2D eigenvalue weighted by Gasteiger charge is -2.31. The van der Waals surface area contributed by atoms with E-state index < -0.39 is 0 Å². The summed E-state index contributed by atoms with van der Waals surface area (Å²) in [6, 6.07) is 20.6. The Labute approximate surface area is 186 Å². The van der Waals surface area contributed by atoms with E-state index in [1.165, 1.54) is 23.3 Å². The number of ether oxygens (including phenoxy) is 1. The highest BCUT2D eigenvalue weighted by Crippen LogP contribution is 2.42. The van der Waals surface area contributed by atoms with Gasteiger partial charge >= 0.3 is 0 Å². The molecule has 3 aromatic rings. The second-order valence-corrected chi connectivity index (χ2v) is 8.80. The molecule has 1 aliphatic heterocycles. The molecule has 1 fully saturated rings. The number of nitrogens with one attached hydrogen (secondary N) is 1. The lowest BCUT2D eigenvalue weighted by atomic mass is 10.1. The van der Waals surface area contributed by atoms with E-state index in [9.17, 15) is 4.79 Å². The molecule has 0 atom stereocenters. The van der Waals surface area contributed by atoms with E-state index in [2.05, 4.69) is 51.6 Å². The number of thioether (sulfide) groups is 1. The van der Waals surface area contributed by atoms with Gasteiger partial charge in [0.25, 0.3) is 5.91 Å². The van der Waals surface area contributed by atoms with Crippen molar-refractivity contribution >= 4 is 29.0 Å². The maximum Gasteiger partial charge on any atom is 0.270 e. The van der Waals surface area contributed by atoms with Crippen LogP contribution in [0.5, 0.6) is 5.88 Å². The van der Waals surface area contributed by atoms with Gasteiger partial charge < -0.3 is 15.0 Å². The number of hydrogen-bond acceptors (Lipinski definition) is 5. The summed E-state index contributed by atoms with van der Waals surface area (Å²) in [6.07, 6.45) is 4.61. The second-order valence-electron chi connectivity index (χ2n) is 7.92. The Balaban J connectivity index is 1.31. The van der Waals surface area contributed by atoms with Crippen LogP contribution in [-0.4, -0.2) is 30.3 Å². The average molecular weight is 432 g/mol. The van der Waals surface area contributed by atoms with E-state index in [0.717, 1.165) is 23.5 Å². The lowest BCUT2D eigenvalue weighted by molar-refractivity contribution is 0.0944. The van der Waals surface area contributed by atoms with Crippen LogP contribution in [0.4, 0.5) is 11.4 Å². The van der Waals surface area contributed by atoms with Gasteiger partial charge in [-0.25, -0.2) is 4.98 Å². The smallest absolute Gasteiger partial charge is 0.270 e. The normalized spacial score (nSPS) is 15.2. The van der Waals surface area contributed by atoms with Gasteiger partial charge in [0.1, 0.15) is 18.0 Å². The summed E-state index contributed by atoms with van der Waals surface area (Å²) in [5.41, 5.74) is 4.89. The van der Waals surface area contributed by atoms with Gasteiger partial charge in [0, 0.05) is 17.1 Å². The maximum atomic E-state index is 12.7. The first-order valence-corrected chi connectivity index (χ1v) is 11.9. The number of aromatic nitrogens is 1. The fourth-order valence-corrected chi connectivity index (χ4v) is 4.28. The van der Waals surface area contributed by atoms with E-state index in [1.54, 1.807) is 17.8 Å². The Kier molecular flexibility index (Phi) is 5.55. The highest BCUT2D eigenvalue weighted by Gasteiger charge is 2.26. The van der Waals surface area contributed by atoms with Crippen molar-refractivity contribution in [3.05, 3.63) is 77.5 Å². The minimum absolute atomic E-state index is 0.201. The van der Waals surface area contributed by atoms with Crippen LogP contribution in [0.1, 0.15) is 40.4 Å². The molecule has 2 aliphatic rings. The Morgan fingerprint density at radius 1 is 1.16 bits per heavy atom. The molecule has 1 aliphatic carbocycles. The molecule has 5 rings (SSSR count). The van der Waals surface area contributed by atoms with Crippen LogP contribution in [0.3, 0.4) is 0 Å². The van der Waals surface area contributed by atoms with Crippen LogP contribution >= 0.6 is 11.8 Å². The lowest BCUT2D eigenvalue weighted by Crippen LogP contribution is -2.30. The Morgan fingerprint density at radius 2 is 2.00 bits per heavy atom. The maximum absolute atomic E-state index is 12.7. The number of fused-ring (bicyclic) bond motifs is 1. The van der Waals surface area contributed by atoms with E-state index in [4.69, 9.17) is 4.74 Å². The topological polar surface area (TPSA) is 54.5 Å². The summed E-state index contributed by atoms with van der Waals surface area (Å²) in [5.74, 6) is 1.02. The molecule has 1 N–H and O–H groups in total. The summed E-state index contributed by atoms with van der Waals surface area (Å²) in [7, 11) is 0. The van der Waals surface area contributed by atoms with Crippen molar-refractivity contribution in [1.82, 2.24) is 10.3 Å². The summed E-state index contributed by atoms with van der Waals surface area (Å²) >= 11 is 1.70. The summed E-state index contributed by atoms with van der Waals surface area (Å²) in [4.78, 5) is 20.6. The second kappa shape index (κ2) is 8.63. The number of carbonyl (C=O) groups excluding carboxylic acids is 1. The van der Waals surface area contributed by atoms with Crippen LogP contribution in [0.25, 0.3) is 0 Å². The van der Waals surface area contributed by atoms with E-state index in [1.807, 2.05) is 24.5 Å². The van der Waals surface area contributed by atoms with Gasteiger partial charge in [-0.05, 0) is 72.5 Å². The van der Waals surface area contributed by atoms with E-state index >= 15 is 0 Å². The molecule has 0 saturated heterocycles. The average Bonchev–Trinajstić information content (AvgIpc) is 3.68. The first-order chi connectivity index (χ1) is 15.2. The van der Waals surface area contributed by atoms with Crippen molar-refractivity contribution in [3.63, 3.8) is 0 Å². The Bertz CT molecular complexity index is 1100. The number of rotatable bonds is 6. The van der Waals surface area contributed by atoms with Gasteiger partial charge in [-0.2, -0.15) is 0 Å². The summed E-state index contributed by atoms with van der Waals surface area (Å²) < 4.78 is 5.81. The molecule has 1 amide bonds. The molecule has 2 aromatic carbocycles. The van der Waals surface area contributed by atoms with E-state index in [0.29, 0.717) is 30.6 Å². The van der Waals surface area contributed by atoms with Gasteiger partial charge in [-0.15, -0.1) is 11.8 Å². The molecule has 158 valence electrons. The molecule has 0 radical (unpaired) electrons. The predicted molar refractivity (Wildman–Crippen MR) is 125 cm³/mol. The molecule has 1 saturated carbocycles. The van der Waals surface area contributed by atoms with Crippen molar-refractivity contribution < 1.29 is 9.53 Å². The van der Waals surface area contributed by atoms with Crippen LogP contribution in [0.15, 0.2) is 65.6 Å². The minimum atomic E-state index is -0.201. The van der Waals surface area contributed by atoms with Crippen molar-refractivity contribution in [1.29, 1.82) is 0 Å². The predicted octanol–water partition coefficient (Wildman–Crippen LogP) is 5.14. The number of benzene rings is 2. The zero-order valence-corrected chi connectivity index (χ0v) is 18.3. The number of carbonyl (C=O) groups is 1. The van der Waals surface area contributed by atoms with Crippen LogP contribution in [0, 0.1) is 0 Å². The molecule has 0 spiro atoms. The van der Waals surface area contributed by atoms with Gasteiger partial charge in [0.05, 0.1) is 6.54 Å². The summed E-state index contributed by atoms with van der Waals surface area (Å²) in [5, 5.41) is 2.95. The molecule has 0 unspecified atom stereocenters. The van der Waals surface area contributed by atoms with Crippen LogP contribution in [-0.2, 0) is 6.54 Å². The Morgan fingerprint density at radius 3 is 2.77 bits per heavy atom. The Hall–Kier alpha value is -2.99. The first kappa shape index (κ1) is 19.9. The van der Waals surface area contributed by atoms with Crippen molar-refractivity contribution in [2.24, 2.45) is 0 Å². The number of nitrogens with zero attached hydrogens (tertiary/aromatic N) is 2. The largest absolute Gasteiger partial charge is 0.474 e. The highest BCUT2D eigenvalue weighted by molar-refractivity contribution is 7.98. The SMILES string of the molecule is CSc1ccc(CNC(=O)c2ccc3c(n2)OCCN3c2cccc(C3CC3)c2)cc1. The van der Waals surface area contributed by atoms with Gasteiger partial charge in [-0.1, -0.05) is 24.3 Å². The third kappa shape index (κ3) is 4.39. The fourth-order valence-electron chi connectivity index (χ4n) is 3.87. The zero-order valence-electron chi connectivity index (χ0n) is 17.5. The van der Waals surface area contributed by atoms with E-state index in [-0.39, 0.29) is 5.91 Å². The quantitative estimate of drug-likeness (QED) is 0.548. The van der Waals surface area contributed by atoms with Crippen molar-refractivity contribution in [3.8, 4) is 5.88 Å². The van der Waals surface area contributed by atoms with Gasteiger partial charge in [0.2, 0.25) is 5.88 Å². The molecule has 0 bridgehead atoms. The zero-order chi connectivity index (χ0) is 21.2. The first-order valence-electron chi connectivity index (χ1n) is 10.6. The molecule has 2 heterocycles. The number of amides is 1. The molecular weight excluding hydrogens is 406 g/mol. The monoisotopic (exact) mass is 431 g/mol. The number of pyridine rings is 1. The highest BCUT2D eigenvalue weighted by atomic mass is 32.2. The fraction of sp³-hybridized carbons (Fsp3) is 0.280. The number of anilines is 2. The third-order valence-corrected chi connectivity index (χ3v) is 6.50. The number of hydrogen-bond donors (Lipinski definition) is 1.